The molecule has 0 aliphatic carbocycles. The zero-order valence-corrected chi connectivity index (χ0v) is 14.4. The van der Waals surface area contributed by atoms with E-state index >= 15 is 0 Å². The first-order chi connectivity index (χ1) is 12.5. The number of hydrogen-bond donors (Lipinski definition) is 2. The molecule has 5 nitrogen and oxygen atoms in total. The van der Waals surface area contributed by atoms with Crippen LogP contribution in [0.15, 0.2) is 53.0 Å². The number of furan rings is 1. The first-order valence-corrected chi connectivity index (χ1v) is 8.05. The number of halogens is 2. The number of carbonyl (C=O) groups excluding carboxylic acids is 2. The fourth-order valence-corrected chi connectivity index (χ4v) is 2.58. The number of para-hydroxylation sites is 1. The third-order valence-electron chi connectivity index (χ3n) is 3.72. The minimum Gasteiger partial charge on any atom is -0.451 e. The van der Waals surface area contributed by atoms with Gasteiger partial charge < -0.3 is 4.42 Å². The summed E-state index contributed by atoms with van der Waals surface area (Å²) in [6, 6.07) is 11.3. The summed E-state index contributed by atoms with van der Waals surface area (Å²) in [5, 5.41) is 0.790. The van der Waals surface area contributed by atoms with Crippen molar-refractivity contribution < 1.29 is 18.4 Å². The number of amides is 2. The number of carbonyl (C=O) groups is 2. The number of hydrazine groups is 1. The van der Waals surface area contributed by atoms with Gasteiger partial charge in [0, 0.05) is 17.0 Å². The molecule has 7 heteroatoms. The van der Waals surface area contributed by atoms with Gasteiger partial charge in [0.05, 0.1) is 5.02 Å². The van der Waals surface area contributed by atoms with Gasteiger partial charge in [0.1, 0.15) is 11.4 Å². The van der Waals surface area contributed by atoms with E-state index in [0.29, 0.717) is 16.7 Å². The molecule has 0 aliphatic heterocycles. The van der Waals surface area contributed by atoms with Gasteiger partial charge in [-0.2, -0.15) is 0 Å². The molecular formula is C19H14ClFN2O3. The molecule has 0 fully saturated rings. The normalized spacial score (nSPS) is 11.0. The molecule has 1 heterocycles. The Morgan fingerprint density at radius 3 is 2.65 bits per heavy atom. The summed E-state index contributed by atoms with van der Waals surface area (Å²) in [5.74, 6) is -1.54. The number of fused-ring (bicyclic) bond motifs is 1. The maximum atomic E-state index is 13.1. The minimum atomic E-state index is -0.565. The molecule has 2 amide bonds. The molecule has 3 aromatic rings. The summed E-state index contributed by atoms with van der Waals surface area (Å²) in [4.78, 5) is 24.0. The maximum Gasteiger partial charge on any atom is 0.305 e. The van der Waals surface area contributed by atoms with Crippen molar-refractivity contribution in [3.05, 3.63) is 76.3 Å². The third-order valence-corrected chi connectivity index (χ3v) is 4.01. The van der Waals surface area contributed by atoms with Crippen LogP contribution in [0.1, 0.15) is 21.7 Å². The molecule has 0 bridgehead atoms. The molecule has 26 heavy (non-hydrogen) atoms. The van der Waals surface area contributed by atoms with E-state index in [1.807, 2.05) is 12.1 Å². The van der Waals surface area contributed by atoms with Crippen LogP contribution in [0.25, 0.3) is 17.0 Å². The lowest BCUT2D eigenvalue weighted by molar-refractivity contribution is -0.117. The molecule has 2 N–H and O–H groups in total. The molecule has 0 radical (unpaired) electrons. The average molecular weight is 373 g/mol. The largest absolute Gasteiger partial charge is 0.451 e. The number of rotatable bonds is 3. The molecule has 0 saturated heterocycles. The summed E-state index contributed by atoms with van der Waals surface area (Å²) in [6.07, 6.45) is 2.63. The average Bonchev–Trinajstić information content (AvgIpc) is 2.98. The summed E-state index contributed by atoms with van der Waals surface area (Å²) in [5.41, 5.74) is 6.37. The molecule has 3 rings (SSSR count). The highest BCUT2D eigenvalue weighted by Gasteiger charge is 2.17. The Labute approximate surface area is 153 Å². The molecule has 0 atom stereocenters. The van der Waals surface area contributed by atoms with E-state index in [4.69, 9.17) is 16.0 Å². The van der Waals surface area contributed by atoms with Gasteiger partial charge in [0.15, 0.2) is 5.76 Å². The highest BCUT2D eigenvalue weighted by Crippen LogP contribution is 2.24. The summed E-state index contributed by atoms with van der Waals surface area (Å²) < 4.78 is 18.6. The Hall–Kier alpha value is -3.12. The van der Waals surface area contributed by atoms with Crippen LogP contribution in [0.4, 0.5) is 4.39 Å². The minimum absolute atomic E-state index is 0.0405. The fraction of sp³-hybridized carbons (Fsp3) is 0.0526. The lowest BCUT2D eigenvalue weighted by Crippen LogP contribution is -2.40. The Bertz CT molecular complexity index is 1030. The van der Waals surface area contributed by atoms with Crippen LogP contribution < -0.4 is 10.9 Å². The SMILES string of the molecule is Cc1c(C(=O)NNC(=O)/C=C/c2ccc(F)c(Cl)c2)oc2ccccc12. The number of benzene rings is 2. The van der Waals surface area contributed by atoms with Crippen LogP contribution in [-0.2, 0) is 4.79 Å². The van der Waals surface area contributed by atoms with Crippen molar-refractivity contribution in [2.75, 3.05) is 0 Å². The number of hydrogen-bond acceptors (Lipinski definition) is 3. The highest BCUT2D eigenvalue weighted by atomic mass is 35.5. The van der Waals surface area contributed by atoms with E-state index in [9.17, 15) is 14.0 Å². The summed E-state index contributed by atoms with van der Waals surface area (Å²) >= 11 is 5.67. The van der Waals surface area contributed by atoms with Crippen molar-refractivity contribution in [2.45, 2.75) is 6.92 Å². The van der Waals surface area contributed by atoms with Gasteiger partial charge in [-0.25, -0.2) is 4.39 Å². The third kappa shape index (κ3) is 3.75. The van der Waals surface area contributed by atoms with E-state index in [-0.39, 0.29) is 10.8 Å². The number of nitrogens with one attached hydrogen (secondary N) is 2. The molecule has 0 aliphatic rings. The fourth-order valence-electron chi connectivity index (χ4n) is 2.40. The van der Waals surface area contributed by atoms with Gasteiger partial charge in [0.2, 0.25) is 0 Å². The van der Waals surface area contributed by atoms with Crippen LogP contribution in [-0.4, -0.2) is 11.8 Å². The molecule has 0 spiro atoms. The maximum absolute atomic E-state index is 13.1. The van der Waals surface area contributed by atoms with Gasteiger partial charge in [-0.1, -0.05) is 35.9 Å². The van der Waals surface area contributed by atoms with Gasteiger partial charge in [-0.3, -0.25) is 20.4 Å². The quantitative estimate of drug-likeness (QED) is 0.539. The van der Waals surface area contributed by atoms with E-state index in [0.717, 1.165) is 5.39 Å². The van der Waals surface area contributed by atoms with Crippen molar-refractivity contribution in [1.82, 2.24) is 10.9 Å². The van der Waals surface area contributed by atoms with E-state index in [2.05, 4.69) is 10.9 Å². The van der Waals surface area contributed by atoms with Crippen molar-refractivity contribution in [3.8, 4) is 0 Å². The topological polar surface area (TPSA) is 71.3 Å². The van der Waals surface area contributed by atoms with Crippen molar-refractivity contribution in [2.24, 2.45) is 0 Å². The second-order valence-electron chi connectivity index (χ2n) is 5.50. The Balaban J connectivity index is 1.63. The van der Waals surface area contributed by atoms with Gasteiger partial charge >= 0.3 is 5.91 Å². The van der Waals surface area contributed by atoms with Crippen LogP contribution in [0.5, 0.6) is 0 Å². The standard InChI is InChI=1S/C19H14ClFN2O3/c1-11-13-4-2-3-5-16(13)26-18(11)19(25)23-22-17(24)9-7-12-6-8-15(21)14(20)10-12/h2-10H,1H3,(H,22,24)(H,23,25)/b9-7+. The van der Waals surface area contributed by atoms with Crippen LogP contribution >= 0.6 is 11.6 Å². The molecule has 2 aromatic carbocycles. The van der Waals surface area contributed by atoms with Crippen LogP contribution in [0.2, 0.25) is 5.02 Å². The summed E-state index contributed by atoms with van der Waals surface area (Å²) in [6.45, 7) is 1.76. The Morgan fingerprint density at radius 1 is 1.15 bits per heavy atom. The van der Waals surface area contributed by atoms with Crippen LogP contribution in [0.3, 0.4) is 0 Å². The zero-order chi connectivity index (χ0) is 18.7. The molecule has 1 aromatic heterocycles. The molecule has 0 unspecified atom stereocenters. The Morgan fingerprint density at radius 2 is 1.92 bits per heavy atom. The highest BCUT2D eigenvalue weighted by molar-refractivity contribution is 6.30. The monoisotopic (exact) mass is 372 g/mol. The van der Waals surface area contributed by atoms with Gasteiger partial charge in [-0.15, -0.1) is 0 Å². The molecule has 132 valence electrons. The molecule has 0 saturated carbocycles. The van der Waals surface area contributed by atoms with Crippen molar-refractivity contribution in [3.63, 3.8) is 0 Å². The number of aryl methyl sites for hydroxylation is 1. The van der Waals surface area contributed by atoms with Crippen molar-refractivity contribution >= 4 is 40.5 Å². The lowest BCUT2D eigenvalue weighted by Gasteiger charge is -2.03. The molecular weight excluding hydrogens is 359 g/mol. The van der Waals surface area contributed by atoms with Crippen molar-refractivity contribution in [1.29, 1.82) is 0 Å². The predicted octanol–water partition coefficient (Wildman–Crippen LogP) is 4.01. The smallest absolute Gasteiger partial charge is 0.305 e. The zero-order valence-electron chi connectivity index (χ0n) is 13.7. The first kappa shape index (κ1) is 17.7. The van der Waals surface area contributed by atoms with E-state index in [1.54, 1.807) is 19.1 Å². The first-order valence-electron chi connectivity index (χ1n) is 7.67. The van der Waals surface area contributed by atoms with E-state index < -0.39 is 17.6 Å². The summed E-state index contributed by atoms with van der Waals surface area (Å²) in [7, 11) is 0. The van der Waals surface area contributed by atoms with Crippen LogP contribution in [0, 0.1) is 12.7 Å². The second-order valence-corrected chi connectivity index (χ2v) is 5.91. The predicted molar refractivity (Wildman–Crippen MR) is 97.0 cm³/mol. The van der Waals surface area contributed by atoms with E-state index in [1.165, 1.54) is 30.4 Å². The van der Waals surface area contributed by atoms with Gasteiger partial charge in [0.25, 0.3) is 5.91 Å². The lowest BCUT2D eigenvalue weighted by atomic mass is 10.1. The second kappa shape index (κ2) is 7.41. The van der Waals surface area contributed by atoms with Gasteiger partial charge in [-0.05, 0) is 36.8 Å². The Kier molecular flexibility index (Phi) is 5.04.